The van der Waals surface area contributed by atoms with Gasteiger partial charge in [0.25, 0.3) is 5.91 Å². The smallest absolute Gasteiger partial charge is 0.264 e. The molecule has 0 bridgehead atoms. The van der Waals surface area contributed by atoms with Crippen LogP contribution in [-0.2, 0) is 0 Å². The van der Waals surface area contributed by atoms with Crippen molar-refractivity contribution in [3.05, 3.63) is 10.9 Å². The summed E-state index contributed by atoms with van der Waals surface area (Å²) in [6.45, 7) is 4.80. The van der Waals surface area contributed by atoms with Crippen LogP contribution in [0.1, 0.15) is 16.6 Å². The van der Waals surface area contributed by atoms with E-state index in [1.54, 1.807) is 11.3 Å². The molecule has 1 fully saturated rings. The van der Waals surface area contributed by atoms with Crippen LogP contribution in [0.15, 0.2) is 6.07 Å². The van der Waals surface area contributed by atoms with Crippen molar-refractivity contribution in [3.63, 3.8) is 0 Å². The summed E-state index contributed by atoms with van der Waals surface area (Å²) in [6.07, 6.45) is 0. The predicted octanol–water partition coefficient (Wildman–Crippen LogP) is 2.20. The minimum absolute atomic E-state index is 0.150. The van der Waals surface area contributed by atoms with Crippen LogP contribution in [-0.4, -0.2) is 67.5 Å². The summed E-state index contributed by atoms with van der Waals surface area (Å²) in [5.41, 5.74) is 0. The van der Waals surface area contributed by atoms with Crippen LogP contribution in [0.3, 0.4) is 0 Å². The number of likely N-dealkylation sites (N-methyl/N-ethyl adjacent to an activating group) is 1. The van der Waals surface area contributed by atoms with Gasteiger partial charge in [-0.3, -0.25) is 4.79 Å². The molecule has 0 unspecified atom stereocenters. The second-order valence-corrected chi connectivity index (χ2v) is 7.82. The van der Waals surface area contributed by atoms with Gasteiger partial charge in [0.15, 0.2) is 5.13 Å². The summed E-state index contributed by atoms with van der Waals surface area (Å²) in [5.74, 6) is 0.150. The summed E-state index contributed by atoms with van der Waals surface area (Å²) in [5, 5.41) is 0.989. The number of aromatic nitrogens is 1. The zero-order valence-corrected chi connectivity index (χ0v) is 14.4. The van der Waals surface area contributed by atoms with Gasteiger partial charge in [-0.2, -0.15) is 0 Å². The molecular formula is C14H20N4OS2. The van der Waals surface area contributed by atoms with Crippen molar-refractivity contribution in [2.24, 2.45) is 0 Å². The first-order valence-corrected chi connectivity index (χ1v) is 8.66. The third-order valence-corrected chi connectivity index (χ3v) is 6.08. The Morgan fingerprint density at radius 2 is 2.14 bits per heavy atom. The lowest BCUT2D eigenvalue weighted by molar-refractivity contribution is 0.0538. The average molecular weight is 324 g/mol. The highest BCUT2D eigenvalue weighted by atomic mass is 32.1. The average Bonchev–Trinajstić information content (AvgIpc) is 2.95. The van der Waals surface area contributed by atoms with E-state index in [1.165, 1.54) is 11.3 Å². The first-order chi connectivity index (χ1) is 9.95. The number of piperazine rings is 1. The minimum Gasteiger partial charge on any atom is -0.354 e. The topological polar surface area (TPSA) is 39.7 Å². The normalized spacial score (nSPS) is 20.2. The summed E-state index contributed by atoms with van der Waals surface area (Å²) in [7, 11) is 6.08. The van der Waals surface area contributed by atoms with Crippen molar-refractivity contribution in [2.45, 2.75) is 13.0 Å². The van der Waals surface area contributed by atoms with E-state index in [0.29, 0.717) is 0 Å². The molecule has 1 aliphatic heterocycles. The number of amides is 1. The second-order valence-electron chi connectivity index (χ2n) is 5.78. The monoisotopic (exact) mass is 324 g/mol. The lowest BCUT2D eigenvalue weighted by atomic mass is 10.2. The van der Waals surface area contributed by atoms with Gasteiger partial charge < -0.3 is 14.7 Å². The first-order valence-electron chi connectivity index (χ1n) is 7.03. The van der Waals surface area contributed by atoms with Gasteiger partial charge in [0.2, 0.25) is 0 Å². The Morgan fingerprint density at radius 3 is 2.76 bits per heavy atom. The van der Waals surface area contributed by atoms with E-state index in [-0.39, 0.29) is 11.9 Å². The van der Waals surface area contributed by atoms with Crippen LogP contribution >= 0.6 is 22.7 Å². The number of rotatable bonds is 2. The largest absolute Gasteiger partial charge is 0.354 e. The highest BCUT2D eigenvalue weighted by Gasteiger charge is 2.28. The molecule has 0 spiro atoms. The van der Waals surface area contributed by atoms with Crippen molar-refractivity contribution in [1.29, 1.82) is 0 Å². The van der Waals surface area contributed by atoms with Gasteiger partial charge in [0, 0.05) is 39.8 Å². The second kappa shape index (κ2) is 5.55. The Kier molecular flexibility index (Phi) is 3.90. The van der Waals surface area contributed by atoms with E-state index in [1.807, 2.05) is 30.0 Å². The molecule has 0 aromatic carbocycles. The summed E-state index contributed by atoms with van der Waals surface area (Å²) in [4.78, 5) is 25.3. The first kappa shape index (κ1) is 14.7. The maximum Gasteiger partial charge on any atom is 0.264 e. The molecular weight excluding hydrogens is 304 g/mol. The van der Waals surface area contributed by atoms with Crippen molar-refractivity contribution in [2.75, 3.05) is 45.7 Å². The van der Waals surface area contributed by atoms with Gasteiger partial charge in [0.05, 0.1) is 9.58 Å². The van der Waals surface area contributed by atoms with Crippen LogP contribution in [0, 0.1) is 0 Å². The summed E-state index contributed by atoms with van der Waals surface area (Å²) >= 11 is 3.15. The van der Waals surface area contributed by atoms with E-state index in [0.717, 1.165) is 39.2 Å². The molecule has 0 radical (unpaired) electrons. The molecule has 1 atom stereocenters. The fourth-order valence-electron chi connectivity index (χ4n) is 2.60. The van der Waals surface area contributed by atoms with Crippen molar-refractivity contribution < 1.29 is 4.79 Å². The van der Waals surface area contributed by atoms with Crippen molar-refractivity contribution in [3.8, 4) is 0 Å². The maximum absolute atomic E-state index is 12.7. The molecule has 0 N–H and O–H groups in total. The Balaban J connectivity index is 1.83. The van der Waals surface area contributed by atoms with Gasteiger partial charge in [0.1, 0.15) is 4.83 Å². The standard InChI is InChI=1S/C14H20N4OS2/c1-9-8-17(4)5-6-18(9)13(19)11-7-10-12(20-11)15-14(21-10)16(2)3/h7,9H,5-6,8H2,1-4H3/t9-/m1/s1. The highest BCUT2D eigenvalue weighted by Crippen LogP contribution is 2.34. The van der Waals surface area contributed by atoms with Gasteiger partial charge in [-0.15, -0.1) is 11.3 Å². The number of thiazole rings is 1. The Bertz CT molecular complexity index is 632. The number of anilines is 1. The number of hydrogen-bond donors (Lipinski definition) is 0. The maximum atomic E-state index is 12.7. The van der Waals surface area contributed by atoms with Gasteiger partial charge in [-0.05, 0) is 20.0 Å². The van der Waals surface area contributed by atoms with Crippen molar-refractivity contribution in [1.82, 2.24) is 14.8 Å². The predicted molar refractivity (Wildman–Crippen MR) is 89.8 cm³/mol. The molecule has 7 heteroatoms. The number of carbonyl (C=O) groups excluding carboxylic acids is 1. The van der Waals surface area contributed by atoms with E-state index < -0.39 is 0 Å². The molecule has 5 nitrogen and oxygen atoms in total. The van der Waals surface area contributed by atoms with Crippen LogP contribution < -0.4 is 4.90 Å². The van der Waals surface area contributed by atoms with Gasteiger partial charge in [-0.25, -0.2) is 4.98 Å². The highest BCUT2D eigenvalue weighted by molar-refractivity contribution is 7.29. The number of fused-ring (bicyclic) bond motifs is 1. The summed E-state index contributed by atoms with van der Waals surface area (Å²) in [6, 6.07) is 2.26. The molecule has 1 saturated heterocycles. The molecule has 3 rings (SSSR count). The molecule has 1 aliphatic rings. The van der Waals surface area contributed by atoms with Crippen LogP contribution in [0.25, 0.3) is 9.53 Å². The van der Waals surface area contributed by atoms with Crippen LogP contribution in [0.4, 0.5) is 5.13 Å². The zero-order chi connectivity index (χ0) is 15.1. The Labute approximate surface area is 132 Å². The molecule has 2 aromatic rings. The van der Waals surface area contributed by atoms with E-state index in [4.69, 9.17) is 0 Å². The quantitative estimate of drug-likeness (QED) is 0.849. The Hall–Kier alpha value is -1.18. The number of thiophene rings is 1. The SMILES string of the molecule is C[C@@H]1CN(C)CCN1C(=O)c1cc2sc(N(C)C)nc2s1. The number of nitrogens with zero attached hydrogens (tertiary/aromatic N) is 4. The molecule has 0 saturated carbocycles. The number of carbonyl (C=O) groups is 1. The zero-order valence-electron chi connectivity index (χ0n) is 12.8. The van der Waals surface area contributed by atoms with Gasteiger partial charge >= 0.3 is 0 Å². The molecule has 114 valence electrons. The molecule has 2 aromatic heterocycles. The minimum atomic E-state index is 0.150. The van der Waals surface area contributed by atoms with Crippen LogP contribution in [0.2, 0.25) is 0 Å². The van der Waals surface area contributed by atoms with E-state index in [9.17, 15) is 4.79 Å². The van der Waals surface area contributed by atoms with Crippen LogP contribution in [0.5, 0.6) is 0 Å². The molecule has 0 aliphatic carbocycles. The lowest BCUT2D eigenvalue weighted by Crippen LogP contribution is -2.52. The molecule has 3 heterocycles. The molecule has 21 heavy (non-hydrogen) atoms. The molecule has 1 amide bonds. The third kappa shape index (κ3) is 2.77. The van der Waals surface area contributed by atoms with Crippen molar-refractivity contribution >= 4 is 43.2 Å². The van der Waals surface area contributed by atoms with E-state index >= 15 is 0 Å². The fourth-order valence-corrected chi connectivity index (χ4v) is 4.69. The van der Waals surface area contributed by atoms with E-state index in [2.05, 4.69) is 23.9 Å². The van der Waals surface area contributed by atoms with Gasteiger partial charge in [-0.1, -0.05) is 11.3 Å². The number of hydrogen-bond acceptors (Lipinski definition) is 6. The lowest BCUT2D eigenvalue weighted by Gasteiger charge is -2.37. The third-order valence-electron chi connectivity index (χ3n) is 3.76. The summed E-state index contributed by atoms with van der Waals surface area (Å²) < 4.78 is 1.11. The Morgan fingerprint density at radius 1 is 1.38 bits per heavy atom. The fraction of sp³-hybridized carbons (Fsp3) is 0.571.